The molecular weight excluding hydrogens is 287 g/mol. The standard InChI is InChI=1S/C10H10ClFO5S/c1-17-2-3-18(15,16)6-4-7(10(13)14)9(11)8(12)5-6/h4-5H,2-3H2,1H3,(H,13,14). The first kappa shape index (κ1) is 14.9. The summed E-state index contributed by atoms with van der Waals surface area (Å²) in [7, 11) is -2.48. The van der Waals surface area contributed by atoms with Crippen LogP contribution in [0.5, 0.6) is 0 Å². The minimum atomic E-state index is -3.80. The molecule has 0 bridgehead atoms. The summed E-state index contributed by atoms with van der Waals surface area (Å²) in [6.07, 6.45) is 0. The SMILES string of the molecule is COCCS(=O)(=O)c1cc(F)c(Cl)c(C(=O)O)c1. The molecule has 0 heterocycles. The van der Waals surface area contributed by atoms with Crippen molar-refractivity contribution in [3.63, 3.8) is 0 Å². The molecule has 0 radical (unpaired) electrons. The fourth-order valence-corrected chi connectivity index (χ4v) is 2.60. The van der Waals surface area contributed by atoms with E-state index in [-0.39, 0.29) is 12.4 Å². The summed E-state index contributed by atoms with van der Waals surface area (Å²) in [6, 6.07) is 1.53. The highest BCUT2D eigenvalue weighted by Gasteiger charge is 2.21. The maximum Gasteiger partial charge on any atom is 0.337 e. The van der Waals surface area contributed by atoms with Gasteiger partial charge in [-0.25, -0.2) is 17.6 Å². The lowest BCUT2D eigenvalue weighted by molar-refractivity contribution is 0.0696. The first-order chi connectivity index (χ1) is 8.29. The van der Waals surface area contributed by atoms with E-state index in [1.165, 1.54) is 7.11 Å². The molecule has 0 unspecified atom stereocenters. The van der Waals surface area contributed by atoms with Gasteiger partial charge in [0.25, 0.3) is 0 Å². The van der Waals surface area contributed by atoms with Gasteiger partial charge in [0.15, 0.2) is 9.84 Å². The summed E-state index contributed by atoms with van der Waals surface area (Å²) in [5.74, 6) is -2.96. The number of carboxylic acid groups (broad SMARTS) is 1. The molecule has 0 amide bonds. The van der Waals surface area contributed by atoms with Crippen molar-refractivity contribution < 1.29 is 27.4 Å². The highest BCUT2D eigenvalue weighted by molar-refractivity contribution is 7.91. The third kappa shape index (κ3) is 3.18. The van der Waals surface area contributed by atoms with Gasteiger partial charge in [-0.1, -0.05) is 11.6 Å². The Labute approximate surface area is 108 Å². The summed E-state index contributed by atoms with van der Waals surface area (Å²) < 4.78 is 41.5. The fraction of sp³-hybridized carbons (Fsp3) is 0.300. The lowest BCUT2D eigenvalue weighted by Gasteiger charge is -2.07. The number of benzene rings is 1. The molecule has 0 saturated heterocycles. The molecule has 18 heavy (non-hydrogen) atoms. The summed E-state index contributed by atoms with van der Waals surface area (Å²) >= 11 is 5.44. The van der Waals surface area contributed by atoms with Crippen LogP contribution in [0, 0.1) is 5.82 Å². The molecule has 0 atom stereocenters. The van der Waals surface area contributed by atoms with Gasteiger partial charge in [0.1, 0.15) is 5.82 Å². The van der Waals surface area contributed by atoms with E-state index in [4.69, 9.17) is 16.7 Å². The van der Waals surface area contributed by atoms with Crippen LogP contribution in [0.15, 0.2) is 17.0 Å². The van der Waals surface area contributed by atoms with E-state index >= 15 is 0 Å². The van der Waals surface area contributed by atoms with Crippen LogP contribution >= 0.6 is 11.6 Å². The second kappa shape index (κ2) is 5.64. The number of aromatic carboxylic acids is 1. The first-order valence-electron chi connectivity index (χ1n) is 4.73. The van der Waals surface area contributed by atoms with Gasteiger partial charge >= 0.3 is 5.97 Å². The lowest BCUT2D eigenvalue weighted by Crippen LogP contribution is -2.13. The molecule has 0 aliphatic heterocycles. The molecule has 100 valence electrons. The van der Waals surface area contributed by atoms with Gasteiger partial charge in [0.2, 0.25) is 0 Å². The zero-order valence-corrected chi connectivity index (χ0v) is 10.9. The summed E-state index contributed by atoms with van der Waals surface area (Å²) in [4.78, 5) is 10.4. The molecule has 0 aliphatic carbocycles. The van der Waals surface area contributed by atoms with Crippen molar-refractivity contribution >= 4 is 27.4 Å². The topological polar surface area (TPSA) is 80.7 Å². The van der Waals surface area contributed by atoms with Crippen molar-refractivity contribution in [1.29, 1.82) is 0 Å². The number of halogens is 2. The zero-order chi connectivity index (χ0) is 13.9. The maximum absolute atomic E-state index is 13.4. The van der Waals surface area contributed by atoms with E-state index in [2.05, 4.69) is 4.74 Å². The molecule has 1 aromatic carbocycles. The summed E-state index contributed by atoms with van der Waals surface area (Å²) in [6.45, 7) is -0.0744. The third-order valence-electron chi connectivity index (χ3n) is 2.15. The van der Waals surface area contributed by atoms with Crippen LogP contribution < -0.4 is 0 Å². The van der Waals surface area contributed by atoms with E-state index < -0.39 is 37.1 Å². The van der Waals surface area contributed by atoms with Crippen molar-refractivity contribution in [2.75, 3.05) is 19.5 Å². The molecule has 0 saturated carbocycles. The number of ether oxygens (including phenoxy) is 1. The van der Waals surface area contributed by atoms with Gasteiger partial charge in [0.05, 0.1) is 27.8 Å². The zero-order valence-electron chi connectivity index (χ0n) is 9.31. The minimum absolute atomic E-state index is 0.0744. The second-order valence-corrected chi connectivity index (χ2v) is 5.87. The minimum Gasteiger partial charge on any atom is -0.478 e. The Hall–Kier alpha value is -1.18. The maximum atomic E-state index is 13.4. The summed E-state index contributed by atoms with van der Waals surface area (Å²) in [5, 5.41) is 8.17. The number of rotatable bonds is 5. The van der Waals surface area contributed by atoms with E-state index in [1.54, 1.807) is 0 Å². The van der Waals surface area contributed by atoms with Crippen LogP contribution in [-0.4, -0.2) is 39.0 Å². The number of sulfone groups is 1. The highest BCUT2D eigenvalue weighted by Crippen LogP contribution is 2.25. The van der Waals surface area contributed by atoms with Crippen LogP contribution in [0.2, 0.25) is 5.02 Å². The van der Waals surface area contributed by atoms with Crippen molar-refractivity contribution in [2.45, 2.75) is 4.90 Å². The Morgan fingerprint density at radius 2 is 2.11 bits per heavy atom. The molecule has 0 fully saturated rings. The van der Waals surface area contributed by atoms with Crippen LogP contribution in [-0.2, 0) is 14.6 Å². The number of hydrogen-bond acceptors (Lipinski definition) is 4. The normalized spacial score (nSPS) is 11.5. The Morgan fingerprint density at radius 3 is 2.61 bits per heavy atom. The van der Waals surface area contributed by atoms with Crippen LogP contribution in [0.3, 0.4) is 0 Å². The van der Waals surface area contributed by atoms with Gasteiger partial charge in [-0.15, -0.1) is 0 Å². The average Bonchev–Trinajstić information content (AvgIpc) is 2.29. The van der Waals surface area contributed by atoms with E-state index in [9.17, 15) is 17.6 Å². The lowest BCUT2D eigenvalue weighted by atomic mass is 10.2. The molecule has 5 nitrogen and oxygen atoms in total. The van der Waals surface area contributed by atoms with Gasteiger partial charge in [0, 0.05) is 7.11 Å². The average molecular weight is 297 g/mol. The Morgan fingerprint density at radius 1 is 1.50 bits per heavy atom. The number of hydrogen-bond donors (Lipinski definition) is 1. The first-order valence-corrected chi connectivity index (χ1v) is 6.76. The number of carboxylic acids is 1. The predicted molar refractivity (Wildman–Crippen MR) is 62.3 cm³/mol. The summed E-state index contributed by atoms with van der Waals surface area (Å²) in [5.41, 5.74) is -0.590. The van der Waals surface area contributed by atoms with Crippen LogP contribution in [0.25, 0.3) is 0 Å². The predicted octanol–water partition coefficient (Wildman–Crippen LogP) is 1.60. The quantitative estimate of drug-likeness (QED) is 0.892. The van der Waals surface area contributed by atoms with Crippen LogP contribution in [0.4, 0.5) is 4.39 Å². The van der Waals surface area contributed by atoms with Gasteiger partial charge < -0.3 is 9.84 Å². The van der Waals surface area contributed by atoms with Crippen molar-refractivity contribution in [1.82, 2.24) is 0 Å². The monoisotopic (exact) mass is 296 g/mol. The second-order valence-electron chi connectivity index (χ2n) is 3.38. The van der Waals surface area contributed by atoms with Crippen LogP contribution in [0.1, 0.15) is 10.4 Å². The van der Waals surface area contributed by atoms with Gasteiger partial charge in [-0.2, -0.15) is 0 Å². The number of methoxy groups -OCH3 is 1. The van der Waals surface area contributed by atoms with Gasteiger partial charge in [-0.05, 0) is 12.1 Å². The molecule has 1 aromatic rings. The molecule has 8 heteroatoms. The molecule has 0 aromatic heterocycles. The smallest absolute Gasteiger partial charge is 0.337 e. The third-order valence-corrected chi connectivity index (χ3v) is 4.19. The molecule has 0 aliphatic rings. The largest absolute Gasteiger partial charge is 0.478 e. The Bertz CT molecular complexity index is 570. The van der Waals surface area contributed by atoms with Crippen molar-refractivity contribution in [3.05, 3.63) is 28.5 Å². The molecule has 1 N–H and O–H groups in total. The van der Waals surface area contributed by atoms with E-state index in [0.717, 1.165) is 6.07 Å². The van der Waals surface area contributed by atoms with Crippen molar-refractivity contribution in [2.24, 2.45) is 0 Å². The molecule has 0 spiro atoms. The Balaban J connectivity index is 3.31. The molecular formula is C10H10ClFO5S. The van der Waals surface area contributed by atoms with Crippen molar-refractivity contribution in [3.8, 4) is 0 Å². The van der Waals surface area contributed by atoms with E-state index in [1.807, 2.05) is 0 Å². The fourth-order valence-electron chi connectivity index (χ4n) is 1.21. The van der Waals surface area contributed by atoms with Gasteiger partial charge in [-0.3, -0.25) is 0 Å². The number of carbonyl (C=O) groups is 1. The highest BCUT2D eigenvalue weighted by atomic mass is 35.5. The molecule has 1 rings (SSSR count). The Kier molecular flexibility index (Phi) is 4.66. The van der Waals surface area contributed by atoms with E-state index in [0.29, 0.717) is 6.07 Å².